The molecule has 12 nitrogen and oxygen atoms in total. The number of benzene rings is 4. The van der Waals surface area contributed by atoms with E-state index >= 15 is 0 Å². The number of ether oxygens (including phenoxy) is 7. The first-order valence-electron chi connectivity index (χ1n) is 17.5. The van der Waals surface area contributed by atoms with Crippen molar-refractivity contribution in [3.63, 3.8) is 0 Å². The fourth-order valence-corrected chi connectivity index (χ4v) is 6.22. The molecular weight excluding hydrogens is 678 g/mol. The van der Waals surface area contributed by atoms with Crippen LogP contribution < -0.4 is 28.4 Å². The van der Waals surface area contributed by atoms with Crippen LogP contribution in [0, 0.1) is 0 Å². The molecule has 0 radical (unpaired) electrons. The maximum absolute atomic E-state index is 10.8. The monoisotopic (exact) mass is 725 g/mol. The molecule has 1 aliphatic rings. The van der Waals surface area contributed by atoms with Crippen molar-refractivity contribution < 1.29 is 43.4 Å². The molecule has 280 valence electrons. The predicted molar refractivity (Wildman–Crippen MR) is 200 cm³/mol. The highest BCUT2D eigenvalue weighted by molar-refractivity contribution is 5.79. The molecule has 53 heavy (non-hydrogen) atoms. The highest BCUT2D eigenvalue weighted by Crippen LogP contribution is 2.35. The zero-order chi connectivity index (χ0) is 37.2. The van der Waals surface area contributed by atoms with E-state index in [-0.39, 0.29) is 13.2 Å². The Balaban J connectivity index is 1.16. The lowest BCUT2D eigenvalue weighted by Gasteiger charge is -2.26. The van der Waals surface area contributed by atoms with Crippen LogP contribution in [0.25, 0.3) is 22.5 Å². The van der Waals surface area contributed by atoms with Gasteiger partial charge in [-0.3, -0.25) is 4.90 Å². The highest BCUT2D eigenvalue weighted by atomic mass is 16.5. The van der Waals surface area contributed by atoms with Crippen molar-refractivity contribution in [3.8, 4) is 57.0 Å². The number of imidazole rings is 1. The molecule has 0 amide bonds. The van der Waals surface area contributed by atoms with Crippen molar-refractivity contribution >= 4 is 0 Å². The van der Waals surface area contributed by atoms with Crippen molar-refractivity contribution in [1.29, 1.82) is 0 Å². The van der Waals surface area contributed by atoms with E-state index in [1.54, 1.807) is 64.8 Å². The Labute approximate surface area is 310 Å². The van der Waals surface area contributed by atoms with E-state index in [2.05, 4.69) is 9.47 Å². The van der Waals surface area contributed by atoms with E-state index in [4.69, 9.17) is 38.1 Å². The summed E-state index contributed by atoms with van der Waals surface area (Å²) in [4.78, 5) is 7.27. The van der Waals surface area contributed by atoms with Crippen molar-refractivity contribution in [2.75, 3.05) is 74.5 Å². The van der Waals surface area contributed by atoms with Gasteiger partial charge in [0.05, 0.1) is 59.4 Å². The molecule has 4 aromatic carbocycles. The Bertz CT molecular complexity index is 1910. The topological polar surface area (TPSA) is 126 Å². The number of hydrogen-bond donors (Lipinski definition) is 2. The number of aromatic nitrogens is 2. The van der Waals surface area contributed by atoms with Gasteiger partial charge in [0.1, 0.15) is 36.9 Å². The van der Waals surface area contributed by atoms with Crippen molar-refractivity contribution in [3.05, 3.63) is 102 Å². The number of hydrogen-bond acceptors (Lipinski definition) is 11. The largest absolute Gasteiger partial charge is 0.493 e. The first-order valence-corrected chi connectivity index (χ1v) is 17.5. The summed E-state index contributed by atoms with van der Waals surface area (Å²) in [6, 6.07) is 26.1. The standard InChI is InChI=1S/C41H47N3O9/c1-47-36-15-9-30(23-38(36)49-3)34(45)25-52-32-11-5-28(6-12-32)40-41(44(27-42-40)18-17-43-19-21-51-22-20-43)29-7-13-33(14-8-29)53-26-35(46)31-10-16-37(48-2)39(24-31)50-4/h5-16,23-24,27,34-35,45-46H,17-22,25-26H2,1-4H3. The lowest BCUT2D eigenvalue weighted by molar-refractivity contribution is 0.0364. The van der Waals surface area contributed by atoms with Gasteiger partial charge < -0.3 is 47.9 Å². The van der Waals surface area contributed by atoms with E-state index in [9.17, 15) is 10.2 Å². The maximum Gasteiger partial charge on any atom is 0.161 e. The fraction of sp³-hybridized carbons (Fsp3) is 0.341. The minimum Gasteiger partial charge on any atom is -0.493 e. The molecule has 0 bridgehead atoms. The SMILES string of the molecule is COc1ccc(C(O)COc2ccc(-c3ncn(CCN4CCOCC4)c3-c3ccc(OCC(O)c4ccc(OC)c(OC)c4)cc3)cc2)cc1OC. The molecule has 6 rings (SSSR count). The minimum absolute atomic E-state index is 0.0655. The highest BCUT2D eigenvalue weighted by Gasteiger charge is 2.19. The summed E-state index contributed by atoms with van der Waals surface area (Å²) in [5, 5.41) is 21.6. The van der Waals surface area contributed by atoms with Gasteiger partial charge in [-0.1, -0.05) is 12.1 Å². The summed E-state index contributed by atoms with van der Waals surface area (Å²) in [5.74, 6) is 3.52. The van der Waals surface area contributed by atoms with E-state index in [1.807, 2.05) is 54.9 Å². The molecule has 1 aliphatic heterocycles. The van der Waals surface area contributed by atoms with Crippen molar-refractivity contribution in [2.45, 2.75) is 18.8 Å². The second-order valence-electron chi connectivity index (χ2n) is 12.5. The van der Waals surface area contributed by atoms with Crippen LogP contribution in [0.5, 0.6) is 34.5 Å². The Morgan fingerprint density at radius 2 is 1.11 bits per heavy atom. The molecular formula is C41H47N3O9. The number of aliphatic hydroxyl groups is 2. The average molecular weight is 726 g/mol. The summed E-state index contributed by atoms with van der Waals surface area (Å²) < 4.78 is 41.1. The van der Waals surface area contributed by atoms with E-state index in [0.29, 0.717) is 45.6 Å². The summed E-state index contributed by atoms with van der Waals surface area (Å²) >= 11 is 0. The summed E-state index contributed by atoms with van der Waals surface area (Å²) in [6.07, 6.45) is 0.173. The number of morpholine rings is 1. The summed E-state index contributed by atoms with van der Waals surface area (Å²) in [7, 11) is 6.27. The van der Waals surface area contributed by atoms with E-state index in [0.717, 1.165) is 61.9 Å². The normalized spacial score (nSPS) is 14.3. The second kappa shape index (κ2) is 18.0. The number of rotatable bonds is 17. The zero-order valence-corrected chi connectivity index (χ0v) is 30.6. The first kappa shape index (κ1) is 37.5. The van der Waals surface area contributed by atoms with Gasteiger partial charge >= 0.3 is 0 Å². The van der Waals surface area contributed by atoms with Crippen LogP contribution in [-0.4, -0.2) is 99.2 Å². The molecule has 12 heteroatoms. The molecule has 0 aliphatic carbocycles. The molecule has 2 heterocycles. The van der Waals surface area contributed by atoms with E-state index in [1.165, 1.54) is 0 Å². The zero-order valence-electron chi connectivity index (χ0n) is 30.6. The van der Waals surface area contributed by atoms with Gasteiger partial charge in [-0.25, -0.2) is 4.98 Å². The first-order chi connectivity index (χ1) is 25.9. The fourth-order valence-electron chi connectivity index (χ4n) is 6.22. The predicted octanol–water partition coefficient (Wildman–Crippen LogP) is 5.81. The third-order valence-corrected chi connectivity index (χ3v) is 9.25. The van der Waals surface area contributed by atoms with Gasteiger partial charge in [0.25, 0.3) is 0 Å². The maximum atomic E-state index is 10.8. The molecule has 1 fully saturated rings. The van der Waals surface area contributed by atoms with Crippen LogP contribution in [-0.2, 0) is 11.3 Å². The average Bonchev–Trinajstić information content (AvgIpc) is 3.65. The molecule has 2 N–H and O–H groups in total. The lowest BCUT2D eigenvalue weighted by Crippen LogP contribution is -2.38. The number of methoxy groups -OCH3 is 4. The van der Waals surface area contributed by atoms with Crippen LogP contribution in [0.1, 0.15) is 23.3 Å². The van der Waals surface area contributed by atoms with Gasteiger partial charge in [0.2, 0.25) is 0 Å². The van der Waals surface area contributed by atoms with Crippen molar-refractivity contribution in [2.24, 2.45) is 0 Å². The molecule has 0 spiro atoms. The van der Waals surface area contributed by atoms with E-state index < -0.39 is 12.2 Å². The third-order valence-electron chi connectivity index (χ3n) is 9.25. The molecule has 0 saturated carbocycles. The van der Waals surface area contributed by atoms with Gasteiger partial charge in [-0.05, 0) is 83.9 Å². The Kier molecular flexibility index (Phi) is 12.7. The third kappa shape index (κ3) is 9.21. The molecule has 1 aromatic heterocycles. The van der Waals surface area contributed by atoms with Crippen LogP contribution in [0.4, 0.5) is 0 Å². The molecule has 5 aromatic rings. The minimum atomic E-state index is -0.858. The van der Waals surface area contributed by atoms with Gasteiger partial charge in [-0.15, -0.1) is 0 Å². The van der Waals surface area contributed by atoms with Crippen LogP contribution in [0.15, 0.2) is 91.3 Å². The van der Waals surface area contributed by atoms with Gasteiger partial charge in [-0.2, -0.15) is 0 Å². The Morgan fingerprint density at radius 3 is 1.60 bits per heavy atom. The number of aliphatic hydroxyl groups excluding tert-OH is 2. The summed E-state index contributed by atoms with van der Waals surface area (Å²) in [6.45, 7) is 5.05. The molecule has 2 unspecified atom stereocenters. The molecule has 1 saturated heterocycles. The molecule has 2 atom stereocenters. The van der Waals surface area contributed by atoms with Gasteiger partial charge in [0, 0.05) is 37.3 Å². The van der Waals surface area contributed by atoms with Crippen LogP contribution in [0.3, 0.4) is 0 Å². The second-order valence-corrected chi connectivity index (χ2v) is 12.5. The van der Waals surface area contributed by atoms with Crippen molar-refractivity contribution in [1.82, 2.24) is 14.5 Å². The smallest absolute Gasteiger partial charge is 0.161 e. The number of nitrogens with zero attached hydrogens (tertiary/aromatic N) is 3. The van der Waals surface area contributed by atoms with Crippen LogP contribution in [0.2, 0.25) is 0 Å². The Hall–Kier alpha value is -5.27. The summed E-state index contributed by atoms with van der Waals surface area (Å²) in [5.41, 5.74) is 5.05. The quantitative estimate of drug-likeness (QED) is 0.121. The lowest BCUT2D eigenvalue weighted by atomic mass is 10.0. The van der Waals surface area contributed by atoms with Crippen LogP contribution >= 0.6 is 0 Å². The van der Waals surface area contributed by atoms with Gasteiger partial charge in [0.15, 0.2) is 23.0 Å². The Morgan fingerprint density at radius 1 is 0.623 bits per heavy atom.